The summed E-state index contributed by atoms with van der Waals surface area (Å²) < 4.78 is 0. The van der Waals surface area contributed by atoms with Gasteiger partial charge < -0.3 is 5.73 Å². The van der Waals surface area contributed by atoms with E-state index in [-0.39, 0.29) is 0 Å². The molecule has 1 aromatic carbocycles. The van der Waals surface area contributed by atoms with Crippen molar-refractivity contribution in [3.05, 3.63) is 28.8 Å². The van der Waals surface area contributed by atoms with Crippen molar-refractivity contribution >= 4 is 17.3 Å². The van der Waals surface area contributed by atoms with Gasteiger partial charge in [-0.15, -0.1) is 0 Å². The molecule has 0 radical (unpaired) electrons. The van der Waals surface area contributed by atoms with Gasteiger partial charge in [-0.25, -0.2) is 0 Å². The highest BCUT2D eigenvalue weighted by atomic mass is 35.5. The highest BCUT2D eigenvalue weighted by Crippen LogP contribution is 2.29. The zero-order chi connectivity index (χ0) is 13.8. The van der Waals surface area contributed by atoms with Crippen LogP contribution in [0.3, 0.4) is 0 Å². The number of halogens is 1. The molecule has 0 saturated heterocycles. The number of nitrogen functional groups attached to an aromatic ring is 1. The molecule has 1 aliphatic rings. The van der Waals surface area contributed by atoms with Crippen LogP contribution >= 0.6 is 11.6 Å². The molecular formula is C16H25ClN2. The van der Waals surface area contributed by atoms with E-state index in [9.17, 15) is 0 Å². The van der Waals surface area contributed by atoms with Crippen LogP contribution in [-0.4, -0.2) is 18.0 Å². The van der Waals surface area contributed by atoms with Crippen molar-refractivity contribution in [2.75, 3.05) is 12.8 Å². The summed E-state index contributed by atoms with van der Waals surface area (Å²) in [5, 5.41) is 0.734. The number of benzene rings is 1. The van der Waals surface area contributed by atoms with Crippen molar-refractivity contribution in [2.24, 2.45) is 5.92 Å². The maximum Gasteiger partial charge on any atom is 0.0429 e. The molecule has 0 atom stereocenters. The molecular weight excluding hydrogens is 256 g/mol. The summed E-state index contributed by atoms with van der Waals surface area (Å²) in [5.41, 5.74) is 7.82. The third-order valence-electron chi connectivity index (χ3n) is 4.43. The highest BCUT2D eigenvalue weighted by molar-refractivity contribution is 6.30. The topological polar surface area (TPSA) is 29.3 Å². The van der Waals surface area contributed by atoms with Gasteiger partial charge in [0.05, 0.1) is 0 Å². The second-order valence-corrected chi connectivity index (χ2v) is 6.33. The van der Waals surface area contributed by atoms with E-state index in [4.69, 9.17) is 17.3 Å². The summed E-state index contributed by atoms with van der Waals surface area (Å²) in [5.74, 6) is 0.950. The summed E-state index contributed by atoms with van der Waals surface area (Å²) in [6, 6.07) is 6.56. The van der Waals surface area contributed by atoms with Crippen molar-refractivity contribution < 1.29 is 0 Å². The van der Waals surface area contributed by atoms with Gasteiger partial charge in [-0.2, -0.15) is 0 Å². The summed E-state index contributed by atoms with van der Waals surface area (Å²) in [6.07, 6.45) is 6.74. The average Bonchev–Trinajstić information content (AvgIpc) is 2.37. The van der Waals surface area contributed by atoms with Crippen molar-refractivity contribution in [3.8, 4) is 0 Å². The standard InChI is InChI=1S/C16H25ClN2/c1-3-12-4-6-16(7-5-12)19(2)11-13-8-14(17)10-15(18)9-13/h8-10,12,16H,3-7,11,18H2,1-2H3. The van der Waals surface area contributed by atoms with Gasteiger partial charge in [0.25, 0.3) is 0 Å². The van der Waals surface area contributed by atoms with E-state index < -0.39 is 0 Å². The third-order valence-corrected chi connectivity index (χ3v) is 4.65. The molecule has 0 aliphatic heterocycles. The lowest BCUT2D eigenvalue weighted by Gasteiger charge is -2.34. The van der Waals surface area contributed by atoms with Gasteiger partial charge in [0.15, 0.2) is 0 Å². The minimum Gasteiger partial charge on any atom is -0.399 e. The fourth-order valence-corrected chi connectivity index (χ4v) is 3.44. The first-order chi connectivity index (χ1) is 9.08. The molecule has 0 unspecified atom stereocenters. The molecule has 1 aliphatic carbocycles. The molecule has 0 heterocycles. The largest absolute Gasteiger partial charge is 0.399 e. The monoisotopic (exact) mass is 280 g/mol. The molecule has 3 heteroatoms. The van der Waals surface area contributed by atoms with Gasteiger partial charge in [0, 0.05) is 23.3 Å². The molecule has 1 saturated carbocycles. The molecule has 1 aromatic rings. The van der Waals surface area contributed by atoms with Crippen LogP contribution in [0.25, 0.3) is 0 Å². The van der Waals surface area contributed by atoms with Crippen LogP contribution in [0.5, 0.6) is 0 Å². The Morgan fingerprint density at radius 3 is 2.47 bits per heavy atom. The van der Waals surface area contributed by atoms with Gasteiger partial charge in [-0.1, -0.05) is 24.9 Å². The summed E-state index contributed by atoms with van der Waals surface area (Å²) in [7, 11) is 2.22. The predicted octanol–water partition coefficient (Wildman–Crippen LogP) is 4.32. The SMILES string of the molecule is CCC1CCC(N(C)Cc2cc(N)cc(Cl)c2)CC1. The lowest BCUT2D eigenvalue weighted by atomic mass is 9.84. The first-order valence-corrected chi connectivity index (χ1v) is 7.71. The van der Waals surface area contributed by atoms with Crippen molar-refractivity contribution in [3.63, 3.8) is 0 Å². The van der Waals surface area contributed by atoms with Crippen LogP contribution < -0.4 is 5.73 Å². The maximum absolute atomic E-state index is 6.06. The minimum atomic E-state index is 0.711. The zero-order valence-corrected chi connectivity index (χ0v) is 12.8. The number of hydrogen-bond donors (Lipinski definition) is 1. The molecule has 0 aromatic heterocycles. The second-order valence-electron chi connectivity index (χ2n) is 5.89. The maximum atomic E-state index is 6.06. The molecule has 2 nitrogen and oxygen atoms in total. The zero-order valence-electron chi connectivity index (χ0n) is 12.0. The van der Waals surface area contributed by atoms with Gasteiger partial charge in [-0.05, 0) is 62.4 Å². The third kappa shape index (κ3) is 4.12. The van der Waals surface area contributed by atoms with Crippen LogP contribution in [0, 0.1) is 5.92 Å². The number of anilines is 1. The van der Waals surface area contributed by atoms with Crippen molar-refractivity contribution in [2.45, 2.75) is 51.6 Å². The Labute approximate surface area is 121 Å². The lowest BCUT2D eigenvalue weighted by molar-refractivity contribution is 0.157. The van der Waals surface area contributed by atoms with Gasteiger partial charge in [0.1, 0.15) is 0 Å². The molecule has 0 spiro atoms. The average molecular weight is 281 g/mol. The number of nitrogens with two attached hydrogens (primary N) is 1. The van der Waals surface area contributed by atoms with Crippen LogP contribution in [0.15, 0.2) is 18.2 Å². The van der Waals surface area contributed by atoms with E-state index in [0.717, 1.165) is 23.2 Å². The summed E-state index contributed by atoms with van der Waals surface area (Å²) >= 11 is 6.06. The smallest absolute Gasteiger partial charge is 0.0429 e. The molecule has 19 heavy (non-hydrogen) atoms. The van der Waals surface area contributed by atoms with E-state index >= 15 is 0 Å². The number of rotatable bonds is 4. The Morgan fingerprint density at radius 2 is 1.89 bits per heavy atom. The summed E-state index contributed by atoms with van der Waals surface area (Å²) in [4.78, 5) is 2.46. The molecule has 106 valence electrons. The Bertz CT molecular complexity index is 391. The Kier molecular flexibility index (Phi) is 5.12. The van der Waals surface area contributed by atoms with Crippen molar-refractivity contribution in [1.82, 2.24) is 4.90 Å². The first kappa shape index (κ1) is 14.7. The Morgan fingerprint density at radius 1 is 1.21 bits per heavy atom. The predicted molar refractivity (Wildman–Crippen MR) is 83.4 cm³/mol. The van der Waals surface area contributed by atoms with E-state index in [1.807, 2.05) is 12.1 Å². The van der Waals surface area contributed by atoms with Gasteiger partial charge in [-0.3, -0.25) is 4.90 Å². The molecule has 0 bridgehead atoms. The summed E-state index contributed by atoms with van der Waals surface area (Å²) in [6.45, 7) is 3.25. The minimum absolute atomic E-state index is 0.711. The normalized spacial score (nSPS) is 23.8. The number of nitrogens with zero attached hydrogens (tertiary/aromatic N) is 1. The fraction of sp³-hybridized carbons (Fsp3) is 0.625. The molecule has 2 rings (SSSR count). The fourth-order valence-electron chi connectivity index (χ4n) is 3.18. The van der Waals surface area contributed by atoms with Crippen LogP contribution in [0.1, 0.15) is 44.6 Å². The van der Waals surface area contributed by atoms with E-state index in [1.165, 1.54) is 37.7 Å². The van der Waals surface area contributed by atoms with E-state index in [0.29, 0.717) is 6.04 Å². The van der Waals surface area contributed by atoms with Crippen LogP contribution in [-0.2, 0) is 6.54 Å². The van der Waals surface area contributed by atoms with Crippen LogP contribution in [0.4, 0.5) is 5.69 Å². The van der Waals surface area contributed by atoms with Gasteiger partial charge >= 0.3 is 0 Å². The Hall–Kier alpha value is -0.730. The molecule has 1 fully saturated rings. The lowest BCUT2D eigenvalue weighted by Crippen LogP contribution is -2.34. The van der Waals surface area contributed by atoms with Crippen LogP contribution in [0.2, 0.25) is 5.02 Å². The second kappa shape index (κ2) is 6.62. The molecule has 2 N–H and O–H groups in total. The number of hydrogen-bond acceptors (Lipinski definition) is 2. The highest BCUT2D eigenvalue weighted by Gasteiger charge is 2.22. The Balaban J connectivity index is 1.92. The van der Waals surface area contributed by atoms with Gasteiger partial charge in [0.2, 0.25) is 0 Å². The molecule has 0 amide bonds. The quantitative estimate of drug-likeness (QED) is 0.832. The van der Waals surface area contributed by atoms with E-state index in [1.54, 1.807) is 6.07 Å². The first-order valence-electron chi connectivity index (χ1n) is 7.33. The van der Waals surface area contributed by atoms with Crippen molar-refractivity contribution in [1.29, 1.82) is 0 Å². The van der Waals surface area contributed by atoms with E-state index in [2.05, 4.69) is 18.9 Å².